The summed E-state index contributed by atoms with van der Waals surface area (Å²) in [7, 11) is 12.3. The Labute approximate surface area is 186 Å². The van der Waals surface area contributed by atoms with Crippen molar-refractivity contribution in [1.29, 1.82) is 0 Å². The Kier molecular flexibility index (Phi) is 9.85. The van der Waals surface area contributed by atoms with Gasteiger partial charge in [-0.1, -0.05) is 56.6 Å². The van der Waals surface area contributed by atoms with Gasteiger partial charge in [0.15, 0.2) is 0 Å². The Morgan fingerprint density at radius 1 is 0.964 bits per heavy atom. The number of phenols is 1. The van der Waals surface area contributed by atoms with Crippen molar-refractivity contribution in [3.63, 3.8) is 0 Å². The predicted octanol–water partition coefficient (Wildman–Crippen LogP) is 5.65. The van der Waals surface area contributed by atoms with Crippen LogP contribution in [0.2, 0.25) is 0 Å². The zero-order chi connectivity index (χ0) is 20.5. The minimum absolute atomic E-state index is 0.384. The summed E-state index contributed by atoms with van der Waals surface area (Å²) in [5.74, 6) is 0.384. The van der Waals surface area contributed by atoms with Gasteiger partial charge in [-0.3, -0.25) is 0 Å². The Morgan fingerprint density at radius 3 is 2.32 bits per heavy atom. The third kappa shape index (κ3) is 6.80. The summed E-state index contributed by atoms with van der Waals surface area (Å²) in [6, 6.07) is 22.7. The van der Waals surface area contributed by atoms with Gasteiger partial charge in [-0.05, 0) is 54.5 Å². The average molecular weight is 468 g/mol. The number of halogens is 2. The standard InChI is InChI=1S/C22H24NOP.2ClH.Ti/c1-16-12-13-20(24)21(14-16)25-22-17(2)8-7-9-18(22)15-23(3)19-10-5-4-6-11-19;;;/h4-14,24-25H,15H2,1-3H3;2*1H;/q;;;+2/p-2. The monoisotopic (exact) mass is 467 g/mol. The van der Waals surface area contributed by atoms with Crippen molar-refractivity contribution in [3.05, 3.63) is 83.4 Å². The van der Waals surface area contributed by atoms with Crippen LogP contribution in [-0.2, 0) is 23.6 Å². The first-order chi connectivity index (χ1) is 13.5. The molecule has 2 nitrogen and oxygen atoms in total. The van der Waals surface area contributed by atoms with Gasteiger partial charge in [-0.2, -0.15) is 0 Å². The molecule has 0 heterocycles. The number of rotatable bonds is 5. The second kappa shape index (κ2) is 11.9. The molecule has 1 atom stereocenters. The number of anilines is 1. The summed E-state index contributed by atoms with van der Waals surface area (Å²) in [6.45, 7) is 5.07. The Morgan fingerprint density at radius 2 is 1.64 bits per heavy atom. The first-order valence-electron chi connectivity index (χ1n) is 8.83. The molecule has 0 aliphatic carbocycles. The summed E-state index contributed by atoms with van der Waals surface area (Å²) in [4.78, 5) is 2.26. The van der Waals surface area contributed by atoms with Crippen molar-refractivity contribution >= 4 is 43.5 Å². The van der Waals surface area contributed by atoms with Gasteiger partial charge in [0.1, 0.15) is 5.75 Å². The molecule has 3 aromatic carbocycles. The van der Waals surface area contributed by atoms with Crippen LogP contribution in [0.5, 0.6) is 5.75 Å². The van der Waals surface area contributed by atoms with Gasteiger partial charge in [0.05, 0.1) is 0 Å². The molecular formula is C22H24Cl2NOPTi. The quantitative estimate of drug-likeness (QED) is 0.387. The summed E-state index contributed by atoms with van der Waals surface area (Å²) in [6.07, 6.45) is 0. The molecule has 146 valence electrons. The van der Waals surface area contributed by atoms with E-state index < -0.39 is 17.0 Å². The van der Waals surface area contributed by atoms with E-state index in [0.717, 1.165) is 11.8 Å². The molecule has 0 bridgehead atoms. The third-order valence-corrected chi connectivity index (χ3v) is 6.01. The maximum absolute atomic E-state index is 10.2. The zero-order valence-corrected chi connectivity index (χ0v) is 20.3. The van der Waals surface area contributed by atoms with E-state index in [2.05, 4.69) is 74.3 Å². The van der Waals surface area contributed by atoms with Crippen LogP contribution >= 0.6 is 27.2 Å². The topological polar surface area (TPSA) is 23.5 Å². The van der Waals surface area contributed by atoms with E-state index in [4.69, 9.17) is 18.6 Å². The van der Waals surface area contributed by atoms with Crippen LogP contribution in [-0.4, -0.2) is 12.2 Å². The molecule has 0 amide bonds. The van der Waals surface area contributed by atoms with Gasteiger partial charge in [0, 0.05) is 24.6 Å². The molecule has 0 radical (unpaired) electrons. The summed E-state index contributed by atoms with van der Waals surface area (Å²) in [5.41, 5.74) is 4.97. The molecule has 0 aliphatic heterocycles. The molecule has 1 N–H and O–H groups in total. The van der Waals surface area contributed by atoms with Crippen LogP contribution in [0.25, 0.3) is 0 Å². The minimum atomic E-state index is -0.556. The number of hydrogen-bond donors (Lipinski definition) is 1. The second-order valence-corrected chi connectivity index (χ2v) is 10.4. The molecule has 6 heteroatoms. The molecule has 0 fully saturated rings. The first-order valence-corrected chi connectivity index (χ1v) is 14.1. The number of aryl methyl sites for hydroxylation is 2. The first kappa shape index (κ1) is 23.3. The van der Waals surface area contributed by atoms with Gasteiger partial charge in [-0.15, -0.1) is 0 Å². The fraction of sp³-hybridized carbons (Fsp3) is 0.182. The third-order valence-electron chi connectivity index (χ3n) is 4.38. The van der Waals surface area contributed by atoms with Crippen LogP contribution in [0.3, 0.4) is 0 Å². The van der Waals surface area contributed by atoms with Gasteiger partial charge >= 0.3 is 35.6 Å². The SMILES string of the molecule is Cc1ccc(O)c(Pc2c(C)cccc2CN(C)c2ccccc2)c1.[Cl][Ti][Cl]. The number of para-hydroxylation sites is 1. The molecule has 0 aliphatic rings. The Hall–Kier alpha value is -1.02. The number of nitrogens with zero attached hydrogens (tertiary/aromatic N) is 1. The van der Waals surface area contributed by atoms with E-state index >= 15 is 0 Å². The van der Waals surface area contributed by atoms with Gasteiger partial charge in [0.2, 0.25) is 0 Å². The van der Waals surface area contributed by atoms with Gasteiger partial charge in [-0.25, -0.2) is 0 Å². The number of phenolic OH excluding ortho intramolecular Hbond substituents is 1. The Balaban J connectivity index is 0.000000878. The van der Waals surface area contributed by atoms with Crippen molar-refractivity contribution in [1.82, 2.24) is 0 Å². The van der Waals surface area contributed by atoms with E-state index in [1.807, 2.05) is 12.1 Å². The molecule has 3 aromatic rings. The predicted molar refractivity (Wildman–Crippen MR) is 122 cm³/mol. The molecule has 0 spiro atoms. The van der Waals surface area contributed by atoms with Gasteiger partial charge in [0.25, 0.3) is 0 Å². The van der Waals surface area contributed by atoms with Crippen molar-refractivity contribution in [3.8, 4) is 5.75 Å². The molecule has 3 rings (SSSR count). The maximum atomic E-state index is 10.2. The fourth-order valence-electron chi connectivity index (χ4n) is 2.95. The van der Waals surface area contributed by atoms with Crippen molar-refractivity contribution < 1.29 is 22.1 Å². The molecule has 28 heavy (non-hydrogen) atoms. The van der Waals surface area contributed by atoms with Crippen LogP contribution in [0.15, 0.2) is 66.7 Å². The van der Waals surface area contributed by atoms with E-state index in [1.165, 1.54) is 27.7 Å². The Bertz CT molecular complexity index is 893. The van der Waals surface area contributed by atoms with E-state index in [9.17, 15) is 5.11 Å². The zero-order valence-electron chi connectivity index (χ0n) is 16.2. The molecule has 0 saturated heterocycles. The van der Waals surface area contributed by atoms with E-state index in [0.29, 0.717) is 14.3 Å². The summed E-state index contributed by atoms with van der Waals surface area (Å²) >= 11 is -0.556. The number of aromatic hydroxyl groups is 1. The summed E-state index contributed by atoms with van der Waals surface area (Å²) in [5, 5.41) is 12.6. The van der Waals surface area contributed by atoms with E-state index in [-0.39, 0.29) is 0 Å². The van der Waals surface area contributed by atoms with Crippen LogP contribution < -0.4 is 15.5 Å². The van der Waals surface area contributed by atoms with Crippen molar-refractivity contribution in [2.75, 3.05) is 11.9 Å². The summed E-state index contributed by atoms with van der Waals surface area (Å²) < 4.78 is 0. The molecule has 0 aromatic heterocycles. The number of hydrogen-bond acceptors (Lipinski definition) is 2. The van der Waals surface area contributed by atoms with Crippen LogP contribution in [0, 0.1) is 13.8 Å². The normalized spacial score (nSPS) is 10.5. The molecular weight excluding hydrogens is 444 g/mol. The van der Waals surface area contributed by atoms with Crippen LogP contribution in [0.4, 0.5) is 5.69 Å². The molecule has 0 saturated carbocycles. The van der Waals surface area contributed by atoms with Crippen molar-refractivity contribution in [2.45, 2.75) is 20.4 Å². The van der Waals surface area contributed by atoms with Gasteiger partial charge < -0.3 is 10.0 Å². The van der Waals surface area contributed by atoms with E-state index in [1.54, 1.807) is 6.07 Å². The fourth-order valence-corrected chi connectivity index (χ4v) is 4.34. The van der Waals surface area contributed by atoms with Crippen molar-refractivity contribution in [2.24, 2.45) is 0 Å². The van der Waals surface area contributed by atoms with Crippen LogP contribution in [0.1, 0.15) is 16.7 Å². The average Bonchev–Trinajstić information content (AvgIpc) is 2.68. The number of benzene rings is 3. The second-order valence-electron chi connectivity index (χ2n) is 6.52. The molecule has 1 unspecified atom stereocenters.